The minimum Gasteiger partial charge on any atom is -0.353 e. The summed E-state index contributed by atoms with van der Waals surface area (Å²) in [6.45, 7) is -2.33. The second-order valence-corrected chi connectivity index (χ2v) is 6.71. The zero-order valence-electron chi connectivity index (χ0n) is 14.8. The number of anilines is 1. The largest absolute Gasteiger partial charge is 0.417 e. The van der Waals surface area contributed by atoms with Crippen molar-refractivity contribution >= 4 is 11.6 Å². The minimum atomic E-state index is -4.91. The van der Waals surface area contributed by atoms with Crippen molar-refractivity contribution in [3.63, 3.8) is 0 Å². The first-order chi connectivity index (χ1) is 13.0. The number of benzene rings is 1. The summed E-state index contributed by atoms with van der Waals surface area (Å²) in [5, 5.41) is 11.5. The van der Waals surface area contributed by atoms with Gasteiger partial charge in [-0.05, 0) is 31.0 Å². The number of nitriles is 1. The number of carbonyl (C=O) groups excluding carboxylic acids is 1. The highest BCUT2D eigenvalue weighted by atomic mass is 19.4. The smallest absolute Gasteiger partial charge is 0.353 e. The molecule has 0 heterocycles. The van der Waals surface area contributed by atoms with Crippen LogP contribution < -0.4 is 10.2 Å². The molecule has 1 fully saturated rings. The SMILES string of the molecule is N#Cc1ccc(N(CC(=O)NC2CCCCC2)CC(F)(F)F)cc1C(F)(F)F. The van der Waals surface area contributed by atoms with Crippen molar-refractivity contribution in [1.29, 1.82) is 5.26 Å². The van der Waals surface area contributed by atoms with Gasteiger partial charge in [-0.25, -0.2) is 0 Å². The second kappa shape index (κ2) is 8.71. The summed E-state index contributed by atoms with van der Waals surface area (Å²) in [6, 6.07) is 3.49. The first-order valence-corrected chi connectivity index (χ1v) is 8.72. The Morgan fingerprint density at radius 1 is 1.14 bits per heavy atom. The van der Waals surface area contributed by atoms with Crippen molar-refractivity contribution in [3.8, 4) is 6.07 Å². The van der Waals surface area contributed by atoms with E-state index in [0.29, 0.717) is 11.0 Å². The summed E-state index contributed by atoms with van der Waals surface area (Å²) in [5.74, 6) is -0.686. The lowest BCUT2D eigenvalue weighted by Gasteiger charge is -2.28. The van der Waals surface area contributed by atoms with Gasteiger partial charge < -0.3 is 10.2 Å². The molecule has 0 bridgehead atoms. The van der Waals surface area contributed by atoms with Gasteiger partial charge in [0.2, 0.25) is 5.91 Å². The van der Waals surface area contributed by atoms with Gasteiger partial charge in [0.25, 0.3) is 0 Å². The van der Waals surface area contributed by atoms with Crippen molar-refractivity contribution in [2.24, 2.45) is 0 Å². The molecule has 1 N–H and O–H groups in total. The van der Waals surface area contributed by atoms with E-state index in [-0.39, 0.29) is 6.04 Å². The van der Waals surface area contributed by atoms with Crippen LogP contribution in [0.5, 0.6) is 0 Å². The van der Waals surface area contributed by atoms with Crippen LogP contribution in [0.1, 0.15) is 43.2 Å². The van der Waals surface area contributed by atoms with Gasteiger partial charge >= 0.3 is 12.4 Å². The Morgan fingerprint density at radius 2 is 1.79 bits per heavy atom. The van der Waals surface area contributed by atoms with Crippen LogP contribution in [0.15, 0.2) is 18.2 Å². The van der Waals surface area contributed by atoms with E-state index >= 15 is 0 Å². The van der Waals surface area contributed by atoms with Crippen molar-refractivity contribution in [1.82, 2.24) is 5.32 Å². The van der Waals surface area contributed by atoms with Crippen LogP contribution in [-0.4, -0.2) is 31.2 Å². The molecule has 0 atom stereocenters. The van der Waals surface area contributed by atoms with Gasteiger partial charge in [0.15, 0.2) is 0 Å². The number of nitrogens with one attached hydrogen (secondary N) is 1. The molecule has 1 aromatic rings. The van der Waals surface area contributed by atoms with Gasteiger partial charge in [-0.1, -0.05) is 19.3 Å². The van der Waals surface area contributed by atoms with Crippen LogP contribution >= 0.6 is 0 Å². The fourth-order valence-electron chi connectivity index (χ4n) is 3.21. The third kappa shape index (κ3) is 6.32. The Hall–Kier alpha value is -2.44. The zero-order valence-corrected chi connectivity index (χ0v) is 14.8. The molecule has 0 spiro atoms. The van der Waals surface area contributed by atoms with E-state index in [9.17, 15) is 31.1 Å². The first-order valence-electron chi connectivity index (χ1n) is 8.72. The third-order valence-corrected chi connectivity index (χ3v) is 4.47. The number of nitrogens with zero attached hydrogens (tertiary/aromatic N) is 2. The molecular formula is C18H19F6N3O. The highest BCUT2D eigenvalue weighted by Gasteiger charge is 2.36. The van der Waals surface area contributed by atoms with E-state index in [1.54, 1.807) is 0 Å². The van der Waals surface area contributed by atoms with E-state index in [1.807, 2.05) is 0 Å². The topological polar surface area (TPSA) is 56.1 Å². The maximum Gasteiger partial charge on any atom is 0.417 e. The third-order valence-electron chi connectivity index (χ3n) is 4.47. The Kier molecular flexibility index (Phi) is 6.80. The van der Waals surface area contributed by atoms with Crippen molar-refractivity contribution in [2.75, 3.05) is 18.0 Å². The Balaban J connectivity index is 2.25. The molecular weight excluding hydrogens is 388 g/mol. The molecule has 1 saturated carbocycles. The normalized spacial score (nSPS) is 15.8. The second-order valence-electron chi connectivity index (χ2n) is 6.71. The highest BCUT2D eigenvalue weighted by Crippen LogP contribution is 2.35. The quantitative estimate of drug-likeness (QED) is 0.737. The number of rotatable bonds is 5. The lowest BCUT2D eigenvalue weighted by Crippen LogP contribution is -2.45. The summed E-state index contributed by atoms with van der Waals surface area (Å²) in [4.78, 5) is 12.7. The minimum absolute atomic E-state index is 0.138. The molecule has 2 rings (SSSR count). The van der Waals surface area contributed by atoms with Crippen molar-refractivity contribution in [2.45, 2.75) is 50.5 Å². The monoisotopic (exact) mass is 407 g/mol. The predicted octanol–water partition coefficient (Wildman–Crippen LogP) is 4.39. The lowest BCUT2D eigenvalue weighted by molar-refractivity contribution is -0.137. The van der Waals surface area contributed by atoms with E-state index in [4.69, 9.17) is 5.26 Å². The average molecular weight is 407 g/mol. The van der Waals surface area contributed by atoms with Crippen LogP contribution in [0, 0.1) is 11.3 Å². The van der Waals surface area contributed by atoms with Crippen LogP contribution in [-0.2, 0) is 11.0 Å². The fraction of sp³-hybridized carbons (Fsp3) is 0.556. The lowest BCUT2D eigenvalue weighted by atomic mass is 9.95. The Bertz CT molecular complexity index is 732. The molecule has 0 unspecified atom stereocenters. The van der Waals surface area contributed by atoms with Crippen molar-refractivity contribution < 1.29 is 31.1 Å². The van der Waals surface area contributed by atoms with Gasteiger partial charge in [-0.3, -0.25) is 4.79 Å². The molecule has 28 heavy (non-hydrogen) atoms. The van der Waals surface area contributed by atoms with Crippen molar-refractivity contribution in [3.05, 3.63) is 29.3 Å². The number of hydrogen-bond acceptors (Lipinski definition) is 3. The number of amides is 1. The summed E-state index contributed by atoms with van der Waals surface area (Å²) in [7, 11) is 0. The number of halogens is 6. The number of carbonyl (C=O) groups is 1. The standard InChI is InChI=1S/C18H19F6N3O/c19-17(20,21)11-27(10-16(28)26-13-4-2-1-3-5-13)14-7-6-12(9-25)15(8-14)18(22,23)24/h6-8,13H,1-5,10-11H2,(H,26,28). The molecule has 1 aliphatic rings. The maximum absolute atomic E-state index is 13.1. The molecule has 0 saturated heterocycles. The van der Waals surface area contributed by atoms with E-state index < -0.39 is 48.2 Å². The average Bonchev–Trinajstić information content (AvgIpc) is 2.59. The van der Waals surface area contributed by atoms with Crippen LogP contribution in [0.25, 0.3) is 0 Å². The molecule has 1 aliphatic carbocycles. The van der Waals surface area contributed by atoms with Crippen LogP contribution in [0.3, 0.4) is 0 Å². The molecule has 0 aromatic heterocycles. The predicted molar refractivity (Wildman–Crippen MR) is 89.4 cm³/mol. The fourth-order valence-corrected chi connectivity index (χ4v) is 3.21. The van der Waals surface area contributed by atoms with Gasteiger partial charge in [0.1, 0.15) is 6.54 Å². The summed E-state index contributed by atoms with van der Waals surface area (Å²) >= 11 is 0. The van der Waals surface area contributed by atoms with Gasteiger partial charge in [0, 0.05) is 11.7 Å². The number of hydrogen-bond donors (Lipinski definition) is 1. The van der Waals surface area contributed by atoms with E-state index in [1.165, 1.54) is 6.07 Å². The molecule has 1 aromatic carbocycles. The molecule has 154 valence electrons. The van der Waals surface area contributed by atoms with Crippen LogP contribution in [0.2, 0.25) is 0 Å². The Labute approximate surface area is 158 Å². The summed E-state index contributed by atoms with van der Waals surface area (Å²) < 4.78 is 78.1. The van der Waals surface area contributed by atoms with E-state index in [0.717, 1.165) is 44.2 Å². The van der Waals surface area contributed by atoms with Gasteiger partial charge in [-0.15, -0.1) is 0 Å². The number of alkyl halides is 6. The summed E-state index contributed by atoms with van der Waals surface area (Å²) in [6.07, 6.45) is -5.35. The molecule has 4 nitrogen and oxygen atoms in total. The van der Waals surface area contributed by atoms with E-state index in [2.05, 4.69) is 5.32 Å². The molecule has 0 radical (unpaired) electrons. The van der Waals surface area contributed by atoms with Gasteiger partial charge in [-0.2, -0.15) is 31.6 Å². The maximum atomic E-state index is 13.1. The van der Waals surface area contributed by atoms with Crippen LogP contribution in [0.4, 0.5) is 32.0 Å². The highest BCUT2D eigenvalue weighted by molar-refractivity contribution is 5.81. The van der Waals surface area contributed by atoms with Gasteiger partial charge in [0.05, 0.1) is 23.7 Å². The molecule has 0 aliphatic heterocycles. The summed E-state index contributed by atoms with van der Waals surface area (Å²) in [5.41, 5.74) is -2.47. The molecule has 10 heteroatoms. The molecule has 1 amide bonds. The first kappa shape index (κ1) is 21.9. The zero-order chi connectivity index (χ0) is 20.9. The Morgan fingerprint density at radius 3 is 2.32 bits per heavy atom.